The lowest BCUT2D eigenvalue weighted by Gasteiger charge is -2.04. The predicted octanol–water partition coefficient (Wildman–Crippen LogP) is 2.37. The lowest BCUT2D eigenvalue weighted by atomic mass is 10.1. The molecule has 0 atom stereocenters. The number of carbonyl (C=O) groups is 1. The van der Waals surface area contributed by atoms with E-state index in [1.54, 1.807) is 0 Å². The molecule has 0 aliphatic carbocycles. The summed E-state index contributed by atoms with van der Waals surface area (Å²) in [5.74, 6) is 0. The van der Waals surface area contributed by atoms with Gasteiger partial charge in [0.1, 0.15) is 0 Å². The number of urea groups is 1. The van der Waals surface area contributed by atoms with Crippen LogP contribution in [0.3, 0.4) is 0 Å². The van der Waals surface area contributed by atoms with E-state index in [2.05, 4.69) is 12.2 Å². The molecule has 1 heterocycles. The first-order valence-corrected chi connectivity index (χ1v) is 5.87. The minimum Gasteiger partial charge on any atom is -0.338 e. The van der Waals surface area contributed by atoms with Crippen LogP contribution in [0.2, 0.25) is 0 Å². The Hall–Kier alpha value is -0.730. The molecule has 0 radical (unpaired) electrons. The van der Waals surface area contributed by atoms with E-state index in [4.69, 9.17) is 0 Å². The van der Waals surface area contributed by atoms with Crippen LogP contribution in [0.5, 0.6) is 0 Å². The zero-order valence-corrected chi connectivity index (χ0v) is 9.22. The highest BCUT2D eigenvalue weighted by Crippen LogP contribution is 2.05. The lowest BCUT2D eigenvalue weighted by molar-refractivity contribution is 0.229. The van der Waals surface area contributed by atoms with Crippen LogP contribution in [0.15, 0.2) is 0 Å². The van der Waals surface area contributed by atoms with E-state index < -0.39 is 0 Å². The topological polar surface area (TPSA) is 32.1 Å². The minimum absolute atomic E-state index is 0.124. The van der Waals surface area contributed by atoms with Gasteiger partial charge in [0, 0.05) is 19.6 Å². The fourth-order valence-electron chi connectivity index (χ4n) is 1.47. The average Bonchev–Trinajstić information content (AvgIpc) is 2.99. The molecule has 1 aliphatic heterocycles. The van der Waals surface area contributed by atoms with E-state index in [-0.39, 0.29) is 6.03 Å². The number of hydrogen-bond donors (Lipinski definition) is 1. The molecule has 1 aliphatic rings. The third-order valence-corrected chi connectivity index (χ3v) is 2.54. The number of amides is 2. The molecule has 0 bridgehead atoms. The second-order valence-electron chi connectivity index (χ2n) is 3.99. The van der Waals surface area contributed by atoms with Crippen molar-refractivity contribution in [3.8, 4) is 0 Å². The largest absolute Gasteiger partial charge is 0.338 e. The van der Waals surface area contributed by atoms with Gasteiger partial charge in [-0.1, -0.05) is 39.0 Å². The van der Waals surface area contributed by atoms with E-state index in [0.717, 1.165) is 26.1 Å². The Balaban J connectivity index is 1.77. The van der Waals surface area contributed by atoms with Crippen molar-refractivity contribution in [1.82, 2.24) is 10.2 Å². The minimum atomic E-state index is 0.124. The Labute approximate surface area is 86.9 Å². The number of nitrogens with one attached hydrogen (secondary N) is 1. The van der Waals surface area contributed by atoms with Gasteiger partial charge in [-0.3, -0.25) is 0 Å². The second-order valence-corrected chi connectivity index (χ2v) is 3.99. The normalized spacial score (nSPS) is 14.2. The molecule has 0 aromatic carbocycles. The molecule has 1 saturated heterocycles. The molecule has 2 amide bonds. The summed E-state index contributed by atoms with van der Waals surface area (Å²) in [6, 6.07) is 0.124. The zero-order valence-electron chi connectivity index (χ0n) is 9.22. The van der Waals surface area contributed by atoms with Crippen molar-refractivity contribution >= 4 is 6.03 Å². The molecule has 0 spiro atoms. The van der Waals surface area contributed by atoms with Crippen LogP contribution in [0, 0.1) is 0 Å². The van der Waals surface area contributed by atoms with Crippen LogP contribution < -0.4 is 5.32 Å². The van der Waals surface area contributed by atoms with Gasteiger partial charge in [0.2, 0.25) is 0 Å². The van der Waals surface area contributed by atoms with Crippen LogP contribution in [-0.2, 0) is 0 Å². The summed E-state index contributed by atoms with van der Waals surface area (Å²) in [6.45, 7) is 4.97. The first kappa shape index (κ1) is 11.3. The van der Waals surface area contributed by atoms with Crippen molar-refractivity contribution in [2.24, 2.45) is 0 Å². The van der Waals surface area contributed by atoms with Crippen LogP contribution >= 0.6 is 0 Å². The molecule has 3 heteroatoms. The maximum Gasteiger partial charge on any atom is 0.317 e. The first-order valence-electron chi connectivity index (χ1n) is 5.87. The molecule has 0 saturated carbocycles. The molecule has 1 N–H and O–H groups in total. The van der Waals surface area contributed by atoms with Gasteiger partial charge < -0.3 is 10.2 Å². The highest BCUT2D eigenvalue weighted by molar-refractivity contribution is 5.76. The quantitative estimate of drug-likeness (QED) is 0.494. The van der Waals surface area contributed by atoms with E-state index in [0.29, 0.717) is 0 Å². The van der Waals surface area contributed by atoms with Crippen molar-refractivity contribution in [1.29, 1.82) is 0 Å². The molecule has 14 heavy (non-hydrogen) atoms. The standard InChI is InChI=1S/C11H22N2O/c1-2-3-4-5-6-7-8-12-11(14)13-9-10-13/h2-10H2,1H3,(H,12,14). The predicted molar refractivity (Wildman–Crippen MR) is 58.3 cm³/mol. The summed E-state index contributed by atoms with van der Waals surface area (Å²) in [6.07, 6.45) is 7.68. The number of carbonyl (C=O) groups excluding carboxylic acids is 1. The molecule has 0 unspecified atom stereocenters. The van der Waals surface area contributed by atoms with Crippen LogP contribution in [-0.4, -0.2) is 30.6 Å². The van der Waals surface area contributed by atoms with E-state index in [1.807, 2.05) is 4.90 Å². The fourth-order valence-corrected chi connectivity index (χ4v) is 1.47. The van der Waals surface area contributed by atoms with Crippen molar-refractivity contribution in [2.45, 2.75) is 45.4 Å². The summed E-state index contributed by atoms with van der Waals surface area (Å²) >= 11 is 0. The number of hydrogen-bond acceptors (Lipinski definition) is 1. The maximum absolute atomic E-state index is 11.2. The number of unbranched alkanes of at least 4 members (excludes halogenated alkanes) is 5. The van der Waals surface area contributed by atoms with Crippen molar-refractivity contribution in [3.05, 3.63) is 0 Å². The number of rotatable bonds is 7. The van der Waals surface area contributed by atoms with Crippen molar-refractivity contribution in [2.75, 3.05) is 19.6 Å². The van der Waals surface area contributed by atoms with Gasteiger partial charge in [-0.25, -0.2) is 4.79 Å². The van der Waals surface area contributed by atoms with Crippen LogP contribution in [0.25, 0.3) is 0 Å². The highest BCUT2D eigenvalue weighted by atomic mass is 16.2. The molecule has 1 fully saturated rings. The van der Waals surface area contributed by atoms with Gasteiger partial charge in [-0.15, -0.1) is 0 Å². The molecular formula is C11H22N2O. The Kier molecular flexibility index (Phi) is 5.42. The SMILES string of the molecule is CCCCCCCCNC(=O)N1CC1. The van der Waals surface area contributed by atoms with Crippen molar-refractivity contribution in [3.63, 3.8) is 0 Å². The fraction of sp³-hybridized carbons (Fsp3) is 0.909. The zero-order chi connectivity index (χ0) is 10.2. The molecule has 1 rings (SSSR count). The summed E-state index contributed by atoms with van der Waals surface area (Å²) in [5, 5.41) is 2.92. The van der Waals surface area contributed by atoms with Gasteiger partial charge in [0.05, 0.1) is 0 Å². The van der Waals surface area contributed by atoms with Gasteiger partial charge in [-0.2, -0.15) is 0 Å². The average molecular weight is 198 g/mol. The molecule has 3 nitrogen and oxygen atoms in total. The molecular weight excluding hydrogens is 176 g/mol. The van der Waals surface area contributed by atoms with Gasteiger partial charge >= 0.3 is 6.03 Å². The Morgan fingerprint density at radius 2 is 1.79 bits per heavy atom. The molecule has 0 aromatic rings. The lowest BCUT2D eigenvalue weighted by Crippen LogP contribution is -2.29. The van der Waals surface area contributed by atoms with Crippen molar-refractivity contribution < 1.29 is 4.79 Å². The highest BCUT2D eigenvalue weighted by Gasteiger charge is 2.22. The summed E-state index contributed by atoms with van der Waals surface area (Å²) in [7, 11) is 0. The monoisotopic (exact) mass is 198 g/mol. The number of nitrogens with zero attached hydrogens (tertiary/aromatic N) is 1. The van der Waals surface area contributed by atoms with Gasteiger partial charge in [0.25, 0.3) is 0 Å². The smallest absolute Gasteiger partial charge is 0.317 e. The van der Waals surface area contributed by atoms with Crippen LogP contribution in [0.1, 0.15) is 45.4 Å². The second kappa shape index (κ2) is 6.68. The van der Waals surface area contributed by atoms with E-state index >= 15 is 0 Å². The van der Waals surface area contributed by atoms with Crippen LogP contribution in [0.4, 0.5) is 4.79 Å². The molecule has 82 valence electrons. The third-order valence-electron chi connectivity index (χ3n) is 2.54. The van der Waals surface area contributed by atoms with Gasteiger partial charge in [-0.05, 0) is 6.42 Å². The molecule has 0 aromatic heterocycles. The summed E-state index contributed by atoms with van der Waals surface area (Å²) in [4.78, 5) is 13.0. The summed E-state index contributed by atoms with van der Waals surface area (Å²) < 4.78 is 0. The van der Waals surface area contributed by atoms with Gasteiger partial charge in [0.15, 0.2) is 0 Å². The Morgan fingerprint density at radius 3 is 2.43 bits per heavy atom. The van der Waals surface area contributed by atoms with E-state index in [1.165, 1.54) is 32.1 Å². The Bertz CT molecular complexity index is 167. The Morgan fingerprint density at radius 1 is 1.14 bits per heavy atom. The van der Waals surface area contributed by atoms with E-state index in [9.17, 15) is 4.79 Å². The first-order chi connectivity index (χ1) is 6.84. The third kappa shape index (κ3) is 5.10. The maximum atomic E-state index is 11.2. The summed E-state index contributed by atoms with van der Waals surface area (Å²) in [5.41, 5.74) is 0.